The predicted molar refractivity (Wildman–Crippen MR) is 98.4 cm³/mol. The van der Waals surface area contributed by atoms with E-state index in [1.165, 1.54) is 11.8 Å². The number of aromatic nitrogens is 6. The molecule has 0 amide bonds. The molecule has 9 nitrogen and oxygen atoms in total. The molecule has 4 aromatic rings. The van der Waals surface area contributed by atoms with Crippen molar-refractivity contribution >= 4 is 5.97 Å². The van der Waals surface area contributed by atoms with Gasteiger partial charge in [0.15, 0.2) is 18.2 Å². The molecule has 0 aliphatic carbocycles. The number of rotatable bonds is 6. The van der Waals surface area contributed by atoms with Crippen LogP contribution in [-0.2, 0) is 11.3 Å². The summed E-state index contributed by atoms with van der Waals surface area (Å²) in [7, 11) is 1.47. The molecule has 9 heteroatoms. The van der Waals surface area contributed by atoms with E-state index in [4.69, 9.17) is 9.47 Å². The van der Waals surface area contributed by atoms with Crippen molar-refractivity contribution in [3.63, 3.8) is 0 Å². The second-order valence-electron chi connectivity index (χ2n) is 5.74. The third kappa shape index (κ3) is 3.45. The maximum atomic E-state index is 12.6. The summed E-state index contributed by atoms with van der Waals surface area (Å²) in [5.41, 5.74) is 1.64. The Balaban J connectivity index is 1.52. The first-order valence-corrected chi connectivity index (χ1v) is 8.45. The summed E-state index contributed by atoms with van der Waals surface area (Å²) in [5, 5.41) is 15.8. The van der Waals surface area contributed by atoms with E-state index >= 15 is 0 Å². The van der Waals surface area contributed by atoms with Gasteiger partial charge in [-0.1, -0.05) is 36.4 Å². The zero-order valence-electron chi connectivity index (χ0n) is 15.0. The standard InChI is InChI=1S/C19H16N6O3/c1-27-16-12-24(14-8-4-2-5-9-14)21-18(16)19(26)28-13-17-20-22-23-25(17)15-10-6-3-7-11-15/h2-12H,13H2,1H3. The van der Waals surface area contributed by atoms with Gasteiger partial charge in [-0.3, -0.25) is 0 Å². The minimum atomic E-state index is -0.630. The Hall–Kier alpha value is -4.01. The summed E-state index contributed by atoms with van der Waals surface area (Å²) in [5.74, 6) is 0.0756. The lowest BCUT2D eigenvalue weighted by molar-refractivity contribution is 0.0448. The van der Waals surface area contributed by atoms with Crippen molar-refractivity contribution in [3.05, 3.63) is 78.4 Å². The van der Waals surface area contributed by atoms with Crippen LogP contribution in [-0.4, -0.2) is 43.1 Å². The van der Waals surface area contributed by atoms with Crippen LogP contribution in [0.4, 0.5) is 0 Å². The largest absolute Gasteiger partial charge is 0.493 e. The molecule has 4 rings (SSSR count). The number of carbonyl (C=O) groups excluding carboxylic acids is 1. The summed E-state index contributed by atoms with van der Waals surface area (Å²) in [6, 6.07) is 18.7. The van der Waals surface area contributed by atoms with Crippen LogP contribution in [0.3, 0.4) is 0 Å². The van der Waals surface area contributed by atoms with Gasteiger partial charge in [-0.05, 0) is 34.7 Å². The minimum Gasteiger partial charge on any atom is -0.493 e. The van der Waals surface area contributed by atoms with Gasteiger partial charge >= 0.3 is 5.97 Å². The molecule has 2 aromatic carbocycles. The highest BCUT2D eigenvalue weighted by molar-refractivity contribution is 5.90. The van der Waals surface area contributed by atoms with Crippen molar-refractivity contribution < 1.29 is 14.3 Å². The zero-order valence-corrected chi connectivity index (χ0v) is 15.0. The molecule has 0 atom stereocenters. The van der Waals surface area contributed by atoms with Gasteiger partial charge in [0.25, 0.3) is 0 Å². The molecule has 0 aliphatic heterocycles. The van der Waals surface area contributed by atoms with Crippen molar-refractivity contribution in [3.8, 4) is 17.1 Å². The van der Waals surface area contributed by atoms with Crippen LogP contribution >= 0.6 is 0 Å². The fourth-order valence-corrected chi connectivity index (χ4v) is 2.63. The number of tetrazole rings is 1. The maximum Gasteiger partial charge on any atom is 0.363 e. The van der Waals surface area contributed by atoms with E-state index < -0.39 is 5.97 Å². The van der Waals surface area contributed by atoms with Crippen molar-refractivity contribution in [2.45, 2.75) is 6.61 Å². The van der Waals surface area contributed by atoms with E-state index in [1.807, 2.05) is 60.7 Å². The molecule has 0 unspecified atom stereocenters. The third-order valence-corrected chi connectivity index (χ3v) is 3.98. The molecule has 0 bridgehead atoms. The van der Waals surface area contributed by atoms with Crippen LogP contribution in [0.5, 0.6) is 5.75 Å². The fourth-order valence-electron chi connectivity index (χ4n) is 2.63. The highest BCUT2D eigenvalue weighted by Gasteiger charge is 2.21. The molecule has 0 fully saturated rings. The van der Waals surface area contributed by atoms with Gasteiger partial charge in [-0.25, -0.2) is 9.48 Å². The van der Waals surface area contributed by atoms with E-state index in [0.29, 0.717) is 11.6 Å². The number of esters is 1. The maximum absolute atomic E-state index is 12.6. The number of carbonyl (C=O) groups is 1. The van der Waals surface area contributed by atoms with Crippen LogP contribution in [0.25, 0.3) is 11.4 Å². The highest BCUT2D eigenvalue weighted by atomic mass is 16.5. The van der Waals surface area contributed by atoms with Crippen LogP contribution in [0.1, 0.15) is 16.3 Å². The molecule has 28 heavy (non-hydrogen) atoms. The predicted octanol–water partition coefficient (Wildman–Crippen LogP) is 2.21. The van der Waals surface area contributed by atoms with Crippen molar-refractivity contribution in [2.75, 3.05) is 7.11 Å². The fraction of sp³-hybridized carbons (Fsp3) is 0.105. The first-order chi connectivity index (χ1) is 13.8. The number of hydrogen-bond acceptors (Lipinski definition) is 7. The van der Waals surface area contributed by atoms with E-state index in [-0.39, 0.29) is 12.3 Å². The number of benzene rings is 2. The van der Waals surface area contributed by atoms with Crippen LogP contribution in [0, 0.1) is 0 Å². The Kier molecular flexibility index (Phi) is 4.79. The summed E-state index contributed by atoms with van der Waals surface area (Å²) in [6.07, 6.45) is 1.62. The number of para-hydroxylation sites is 2. The normalized spacial score (nSPS) is 10.6. The van der Waals surface area contributed by atoms with E-state index in [0.717, 1.165) is 11.4 Å². The van der Waals surface area contributed by atoms with Crippen LogP contribution < -0.4 is 4.74 Å². The van der Waals surface area contributed by atoms with Gasteiger partial charge in [0.1, 0.15) is 0 Å². The highest BCUT2D eigenvalue weighted by Crippen LogP contribution is 2.20. The quantitative estimate of drug-likeness (QED) is 0.476. The molecule has 2 heterocycles. The topological polar surface area (TPSA) is 97.0 Å². The first kappa shape index (κ1) is 17.4. The summed E-state index contributed by atoms with van der Waals surface area (Å²) in [6.45, 7) is -0.109. The molecule has 2 aromatic heterocycles. The average molecular weight is 376 g/mol. The number of ether oxygens (including phenoxy) is 2. The molecular formula is C19H16N6O3. The monoisotopic (exact) mass is 376 g/mol. The second-order valence-corrected chi connectivity index (χ2v) is 5.74. The van der Waals surface area contributed by atoms with Crippen molar-refractivity contribution in [1.82, 2.24) is 30.0 Å². The zero-order chi connectivity index (χ0) is 19.3. The molecule has 0 aliphatic rings. The van der Waals surface area contributed by atoms with E-state index in [2.05, 4.69) is 20.6 Å². The molecule has 0 saturated carbocycles. The summed E-state index contributed by atoms with van der Waals surface area (Å²) in [4.78, 5) is 12.6. The van der Waals surface area contributed by atoms with Crippen LogP contribution in [0.2, 0.25) is 0 Å². The van der Waals surface area contributed by atoms with Gasteiger partial charge in [0.2, 0.25) is 5.69 Å². The summed E-state index contributed by atoms with van der Waals surface area (Å²) >= 11 is 0. The Labute approximate surface area is 160 Å². The van der Waals surface area contributed by atoms with Gasteiger partial charge in [0.05, 0.1) is 24.7 Å². The molecule has 0 radical (unpaired) electrons. The Morgan fingerprint density at radius 3 is 2.36 bits per heavy atom. The lowest BCUT2D eigenvalue weighted by Crippen LogP contribution is -2.11. The van der Waals surface area contributed by atoms with E-state index in [1.54, 1.807) is 10.9 Å². The number of hydrogen-bond donors (Lipinski definition) is 0. The Morgan fingerprint density at radius 1 is 1.00 bits per heavy atom. The lowest BCUT2D eigenvalue weighted by Gasteiger charge is -2.05. The minimum absolute atomic E-state index is 0.0742. The first-order valence-electron chi connectivity index (χ1n) is 8.45. The van der Waals surface area contributed by atoms with Gasteiger partial charge in [-0.15, -0.1) is 5.10 Å². The lowest BCUT2D eigenvalue weighted by atomic mass is 10.3. The molecule has 0 N–H and O–H groups in total. The van der Waals surface area contributed by atoms with Gasteiger partial charge in [0, 0.05) is 0 Å². The van der Waals surface area contributed by atoms with Gasteiger partial charge in [-0.2, -0.15) is 9.78 Å². The molecule has 0 saturated heterocycles. The van der Waals surface area contributed by atoms with Crippen molar-refractivity contribution in [1.29, 1.82) is 0 Å². The van der Waals surface area contributed by atoms with Crippen LogP contribution in [0.15, 0.2) is 66.9 Å². The molecular weight excluding hydrogens is 360 g/mol. The van der Waals surface area contributed by atoms with Gasteiger partial charge < -0.3 is 9.47 Å². The second kappa shape index (κ2) is 7.70. The van der Waals surface area contributed by atoms with E-state index in [9.17, 15) is 4.79 Å². The molecule has 140 valence electrons. The van der Waals surface area contributed by atoms with Crippen molar-refractivity contribution in [2.24, 2.45) is 0 Å². The Morgan fingerprint density at radius 2 is 1.68 bits per heavy atom. The Bertz CT molecular complexity index is 1080. The number of nitrogens with zero attached hydrogens (tertiary/aromatic N) is 6. The smallest absolute Gasteiger partial charge is 0.363 e. The number of methoxy groups -OCH3 is 1. The summed E-state index contributed by atoms with van der Waals surface area (Å²) < 4.78 is 13.7. The third-order valence-electron chi connectivity index (χ3n) is 3.98. The molecule has 0 spiro atoms. The SMILES string of the molecule is COc1cn(-c2ccccc2)nc1C(=O)OCc1nnnn1-c1ccccc1. The average Bonchev–Trinajstić information content (AvgIpc) is 3.40.